The van der Waals surface area contributed by atoms with E-state index >= 15 is 0 Å². The smallest absolute Gasteiger partial charge is 0.309 e. The number of rotatable bonds is 19. The van der Waals surface area contributed by atoms with Gasteiger partial charge in [0.05, 0.1) is 30.5 Å². The normalized spacial score (nSPS) is 13.5. The Morgan fingerprint density at radius 1 is 0.733 bits per heavy atom. The Bertz CT molecular complexity index is 1360. The van der Waals surface area contributed by atoms with Crippen molar-refractivity contribution in [3.05, 3.63) is 133 Å². The lowest BCUT2D eigenvalue weighted by atomic mass is 9.96. The van der Waals surface area contributed by atoms with Gasteiger partial charge in [-0.05, 0) is 60.9 Å². The van der Waals surface area contributed by atoms with Gasteiger partial charge in [0.2, 0.25) is 11.8 Å². The highest BCUT2D eigenvalue weighted by Gasteiger charge is 2.26. The van der Waals surface area contributed by atoms with E-state index in [1.165, 1.54) is 12.1 Å². The van der Waals surface area contributed by atoms with Gasteiger partial charge in [-0.25, -0.2) is 4.39 Å². The number of carbonyl (C=O) groups is 3. The fraction of sp³-hybridized carbons (Fsp3) is 0.324. The Balaban J connectivity index is 1.65. The summed E-state index contributed by atoms with van der Waals surface area (Å²) in [5.41, 5.74) is 2.72. The van der Waals surface area contributed by atoms with Crippen molar-refractivity contribution in [3.8, 4) is 0 Å². The molecule has 3 N–H and O–H groups in total. The highest BCUT2D eigenvalue weighted by atomic mass is 19.1. The molecule has 0 unspecified atom stereocenters. The maximum absolute atomic E-state index is 13.5. The van der Waals surface area contributed by atoms with Gasteiger partial charge in [0, 0.05) is 6.42 Å². The fourth-order valence-corrected chi connectivity index (χ4v) is 5.09. The van der Waals surface area contributed by atoms with E-state index in [0.717, 1.165) is 16.7 Å². The second-order valence-corrected chi connectivity index (χ2v) is 11.1. The molecular formula is C37H43FN2O5. The van der Waals surface area contributed by atoms with E-state index < -0.39 is 29.9 Å². The molecule has 0 fully saturated rings. The van der Waals surface area contributed by atoms with E-state index in [0.29, 0.717) is 25.7 Å². The van der Waals surface area contributed by atoms with Crippen LogP contribution in [0.1, 0.15) is 36.0 Å². The molecule has 45 heavy (non-hydrogen) atoms. The average Bonchev–Trinajstić information content (AvgIpc) is 3.04. The highest BCUT2D eigenvalue weighted by molar-refractivity contribution is 5.86. The molecule has 0 aliphatic carbocycles. The second kappa shape index (κ2) is 19.0. The molecule has 2 amide bonds. The number of ether oxygens (including phenoxy) is 1. The van der Waals surface area contributed by atoms with Crippen molar-refractivity contribution in [1.29, 1.82) is 0 Å². The Morgan fingerprint density at radius 2 is 1.27 bits per heavy atom. The number of halogens is 1. The van der Waals surface area contributed by atoms with E-state index in [4.69, 9.17) is 4.74 Å². The molecule has 3 aromatic carbocycles. The number of allylic oxidation sites excluding steroid dienone is 2. The van der Waals surface area contributed by atoms with E-state index in [2.05, 4.69) is 23.8 Å². The first-order chi connectivity index (χ1) is 21.8. The van der Waals surface area contributed by atoms with Crippen LogP contribution in [0.2, 0.25) is 0 Å². The molecule has 0 heterocycles. The van der Waals surface area contributed by atoms with Crippen LogP contribution < -0.4 is 10.6 Å². The zero-order valence-electron chi connectivity index (χ0n) is 25.6. The van der Waals surface area contributed by atoms with Crippen LogP contribution in [0.25, 0.3) is 0 Å². The van der Waals surface area contributed by atoms with Crippen LogP contribution in [-0.4, -0.2) is 48.2 Å². The van der Waals surface area contributed by atoms with Crippen molar-refractivity contribution >= 4 is 17.8 Å². The molecule has 0 saturated heterocycles. The largest absolute Gasteiger partial charge is 0.463 e. The third-order valence-corrected chi connectivity index (χ3v) is 7.44. The van der Waals surface area contributed by atoms with Crippen molar-refractivity contribution in [1.82, 2.24) is 10.6 Å². The number of hydrogen-bond donors (Lipinski definition) is 3. The van der Waals surface area contributed by atoms with Gasteiger partial charge < -0.3 is 20.5 Å². The van der Waals surface area contributed by atoms with Crippen molar-refractivity contribution in [2.24, 2.45) is 11.8 Å². The molecule has 4 atom stereocenters. The third-order valence-electron chi connectivity index (χ3n) is 7.44. The Morgan fingerprint density at radius 3 is 1.82 bits per heavy atom. The van der Waals surface area contributed by atoms with Crippen molar-refractivity contribution in [2.75, 3.05) is 13.2 Å². The maximum atomic E-state index is 13.5. The van der Waals surface area contributed by atoms with E-state index in [9.17, 15) is 23.9 Å². The van der Waals surface area contributed by atoms with Gasteiger partial charge in [0.15, 0.2) is 0 Å². The molecule has 0 saturated carbocycles. The van der Waals surface area contributed by atoms with Crippen LogP contribution in [0.5, 0.6) is 0 Å². The zero-order chi connectivity index (χ0) is 32.4. The molecule has 0 radical (unpaired) electrons. The summed E-state index contributed by atoms with van der Waals surface area (Å²) in [7, 11) is 0. The summed E-state index contributed by atoms with van der Waals surface area (Å²) in [4.78, 5) is 39.6. The number of benzene rings is 3. The summed E-state index contributed by atoms with van der Waals surface area (Å²) in [6.45, 7) is 7.19. The second-order valence-electron chi connectivity index (χ2n) is 11.1. The summed E-state index contributed by atoms with van der Waals surface area (Å²) in [6, 6.07) is 24.0. The molecule has 7 nitrogen and oxygen atoms in total. The minimum atomic E-state index is -0.709. The molecule has 3 aromatic rings. The molecule has 0 aromatic heterocycles. The summed E-state index contributed by atoms with van der Waals surface area (Å²) in [5.74, 6) is -2.74. The van der Waals surface area contributed by atoms with Crippen molar-refractivity contribution in [2.45, 2.75) is 50.6 Å². The summed E-state index contributed by atoms with van der Waals surface area (Å²) in [5, 5.41) is 15.7. The number of aliphatic hydroxyl groups excluding tert-OH is 1. The minimum Gasteiger partial charge on any atom is -0.463 e. The monoisotopic (exact) mass is 614 g/mol. The van der Waals surface area contributed by atoms with Crippen LogP contribution in [0.4, 0.5) is 4.39 Å². The molecule has 3 rings (SSSR count). The molecule has 0 spiro atoms. The number of esters is 1. The molecule has 238 valence electrons. The quantitative estimate of drug-likeness (QED) is 0.128. The third kappa shape index (κ3) is 12.5. The average molecular weight is 615 g/mol. The predicted molar refractivity (Wildman–Crippen MR) is 174 cm³/mol. The van der Waals surface area contributed by atoms with Gasteiger partial charge >= 0.3 is 5.97 Å². The van der Waals surface area contributed by atoms with Gasteiger partial charge in [0.25, 0.3) is 0 Å². The number of nitrogens with one attached hydrogen (secondary N) is 2. The number of hydrogen-bond acceptors (Lipinski definition) is 5. The van der Waals surface area contributed by atoms with Crippen LogP contribution in [0, 0.1) is 17.7 Å². The molecular weight excluding hydrogens is 571 g/mol. The van der Waals surface area contributed by atoms with Crippen LogP contribution in [-0.2, 0) is 38.4 Å². The molecule has 0 aliphatic rings. The lowest BCUT2D eigenvalue weighted by molar-refractivity contribution is -0.149. The number of aliphatic hydroxyl groups is 1. The SMILES string of the molecule is C=CC[C@@H](CC(=O)N[C@H](CO)Cc1ccccc1)C(=O)N[C@@H](COC(=O)[C@@H](CC=C)Cc1ccc(F)cc1)Cc1ccccc1. The van der Waals surface area contributed by atoms with Crippen molar-refractivity contribution in [3.63, 3.8) is 0 Å². The predicted octanol–water partition coefficient (Wildman–Crippen LogP) is 5.13. The number of carbonyl (C=O) groups excluding carboxylic acids is 3. The van der Waals surface area contributed by atoms with Gasteiger partial charge in [-0.15, -0.1) is 13.2 Å². The van der Waals surface area contributed by atoms with E-state index in [1.54, 1.807) is 24.3 Å². The van der Waals surface area contributed by atoms with Crippen LogP contribution in [0.15, 0.2) is 110 Å². The van der Waals surface area contributed by atoms with Gasteiger partial charge in [-0.3, -0.25) is 14.4 Å². The first kappa shape index (κ1) is 34.9. The Hall–Kier alpha value is -4.56. The van der Waals surface area contributed by atoms with Gasteiger partial charge in [-0.1, -0.05) is 84.9 Å². The van der Waals surface area contributed by atoms with Gasteiger partial charge in [-0.2, -0.15) is 0 Å². The summed E-state index contributed by atoms with van der Waals surface area (Å²) >= 11 is 0. The molecule has 0 bridgehead atoms. The molecule has 0 aliphatic heterocycles. The molecule has 8 heteroatoms. The Labute approximate surface area is 265 Å². The summed E-state index contributed by atoms with van der Waals surface area (Å²) < 4.78 is 19.1. The zero-order valence-corrected chi connectivity index (χ0v) is 25.6. The fourth-order valence-electron chi connectivity index (χ4n) is 5.09. The standard InChI is InChI=1S/C37H43FN2O5/c1-3-11-30(24-35(42)39-33(25-41)22-27-13-7-5-8-14-27)36(43)40-34(23-28-15-9-6-10-16-28)26-45-37(44)31(12-4-2)21-29-17-19-32(38)20-18-29/h3-10,13-20,30-31,33-34,41H,1-2,11-12,21-26H2,(H,39,42)(H,40,43)/t30-,31-,33-,34+/m0/s1. The van der Waals surface area contributed by atoms with E-state index in [-0.39, 0.29) is 43.7 Å². The summed E-state index contributed by atoms with van der Waals surface area (Å²) in [6.07, 6.45) is 4.99. The first-order valence-corrected chi connectivity index (χ1v) is 15.2. The lowest BCUT2D eigenvalue weighted by Gasteiger charge is -2.24. The first-order valence-electron chi connectivity index (χ1n) is 15.2. The van der Waals surface area contributed by atoms with Crippen molar-refractivity contribution < 1.29 is 28.6 Å². The Kier molecular flexibility index (Phi) is 14.7. The maximum Gasteiger partial charge on any atom is 0.309 e. The van der Waals surface area contributed by atoms with Crippen LogP contribution >= 0.6 is 0 Å². The minimum absolute atomic E-state index is 0.0762. The van der Waals surface area contributed by atoms with E-state index in [1.807, 2.05) is 60.7 Å². The van der Waals surface area contributed by atoms with Gasteiger partial charge in [0.1, 0.15) is 12.4 Å². The van der Waals surface area contributed by atoms with Crippen LogP contribution in [0.3, 0.4) is 0 Å². The number of amides is 2. The lowest BCUT2D eigenvalue weighted by Crippen LogP contribution is -2.45. The topological polar surface area (TPSA) is 105 Å². The highest BCUT2D eigenvalue weighted by Crippen LogP contribution is 2.17.